The number of rotatable bonds is 10. The molecule has 4 aromatic rings. The Hall–Kier alpha value is -4.65. The van der Waals surface area contributed by atoms with Crippen LogP contribution < -0.4 is 15.0 Å². The number of aryl methyl sites for hydroxylation is 2. The molecule has 1 saturated heterocycles. The molecule has 2 heterocycles. The van der Waals surface area contributed by atoms with Crippen LogP contribution in [0.3, 0.4) is 0 Å². The van der Waals surface area contributed by atoms with Crippen molar-refractivity contribution in [2.45, 2.75) is 51.9 Å². The summed E-state index contributed by atoms with van der Waals surface area (Å²) in [7, 11) is 0. The van der Waals surface area contributed by atoms with Crippen LogP contribution in [0.5, 0.6) is 5.75 Å². The fraction of sp³-hybridized carbons (Fsp3) is 0.281. The number of anilines is 1. The third-order valence-corrected chi connectivity index (χ3v) is 8.01. The van der Waals surface area contributed by atoms with Crippen LogP contribution in [0.25, 0.3) is 17.1 Å². The lowest BCUT2D eigenvalue weighted by atomic mass is 10.0. The van der Waals surface area contributed by atoms with Gasteiger partial charge in [0, 0.05) is 11.6 Å². The summed E-state index contributed by atoms with van der Waals surface area (Å²) in [4.78, 5) is 35.4. The van der Waals surface area contributed by atoms with Crippen LogP contribution in [-0.4, -0.2) is 50.0 Å². The first-order valence-electron chi connectivity index (χ1n) is 14.4. The number of para-hydroxylation sites is 1. The van der Waals surface area contributed by atoms with Gasteiger partial charge in [-0.15, -0.1) is 18.3 Å². The maximum absolute atomic E-state index is 12.7. The number of hydrogen-bond acceptors (Lipinski definition) is 6. The number of thioether (sulfide) groups is 1. The quantitative estimate of drug-likeness (QED) is 0.202. The zero-order valence-electron chi connectivity index (χ0n) is 24.6. The summed E-state index contributed by atoms with van der Waals surface area (Å²) in [5.74, 6) is 0.321. The van der Waals surface area contributed by atoms with Crippen molar-refractivity contribution in [3.63, 3.8) is 0 Å². The number of nitrogens with zero attached hydrogens (tertiary/aromatic N) is 5. The van der Waals surface area contributed by atoms with Gasteiger partial charge >= 0.3 is 12.4 Å². The van der Waals surface area contributed by atoms with Crippen LogP contribution in [0.2, 0.25) is 0 Å². The molecule has 3 amide bonds. The molecule has 0 bridgehead atoms. The number of carbonyl (C=O) groups excluding carboxylic acids is 2. The SMILES string of the molecule is CCc1ccccc1N1C(=O)CSC1=NC(=O)NC(C)CCCc1ccc(-c2ncn(-c3ccc(OC(F)(F)F)cc3)n2)cc1. The first-order chi connectivity index (χ1) is 21.6. The molecular formula is C32H31F3N6O3S. The highest BCUT2D eigenvalue weighted by atomic mass is 32.2. The van der Waals surface area contributed by atoms with Crippen molar-refractivity contribution in [1.29, 1.82) is 0 Å². The number of amides is 3. The lowest BCUT2D eigenvalue weighted by Crippen LogP contribution is -2.34. The first kappa shape index (κ1) is 31.8. The molecule has 3 aromatic carbocycles. The monoisotopic (exact) mass is 636 g/mol. The summed E-state index contributed by atoms with van der Waals surface area (Å²) >= 11 is 1.26. The molecule has 1 unspecified atom stereocenters. The molecule has 0 radical (unpaired) electrons. The standard InChI is InChI=1S/C32H31F3N6O3S/c1-3-23-9-4-5-10-27(23)41-28(42)19-45-31(41)38-30(43)37-21(2)7-6-8-22-11-13-24(14-12-22)29-36-20-40(39-29)25-15-17-26(18-16-25)44-32(33,34)35/h4-5,9-18,20-21H,3,6-8,19H2,1-2H3,(H,37,43). The second-order valence-corrected chi connectivity index (χ2v) is 11.3. The van der Waals surface area contributed by atoms with Crippen LogP contribution in [0.15, 0.2) is 84.1 Å². The summed E-state index contributed by atoms with van der Waals surface area (Å²) in [5, 5.41) is 7.74. The van der Waals surface area contributed by atoms with Crippen molar-refractivity contribution >= 4 is 34.6 Å². The Balaban J connectivity index is 1.11. The minimum Gasteiger partial charge on any atom is -0.406 e. The predicted molar refractivity (Wildman–Crippen MR) is 168 cm³/mol. The second kappa shape index (κ2) is 14.0. The lowest BCUT2D eigenvalue weighted by molar-refractivity contribution is -0.274. The number of benzene rings is 3. The van der Waals surface area contributed by atoms with Gasteiger partial charge in [0.1, 0.15) is 12.1 Å². The maximum Gasteiger partial charge on any atom is 0.573 e. The van der Waals surface area contributed by atoms with E-state index in [2.05, 4.69) is 25.1 Å². The summed E-state index contributed by atoms with van der Waals surface area (Å²) in [5.41, 5.74) is 4.23. The van der Waals surface area contributed by atoms with Crippen molar-refractivity contribution in [3.8, 4) is 22.8 Å². The summed E-state index contributed by atoms with van der Waals surface area (Å²) in [6, 6.07) is 20.2. The highest BCUT2D eigenvalue weighted by Gasteiger charge is 2.32. The topological polar surface area (TPSA) is 102 Å². The van der Waals surface area contributed by atoms with E-state index in [4.69, 9.17) is 0 Å². The van der Waals surface area contributed by atoms with Gasteiger partial charge in [-0.05, 0) is 74.1 Å². The average molecular weight is 637 g/mol. The average Bonchev–Trinajstić information content (AvgIpc) is 3.64. The fourth-order valence-corrected chi connectivity index (χ4v) is 5.72. The third kappa shape index (κ3) is 8.29. The van der Waals surface area contributed by atoms with E-state index in [-0.39, 0.29) is 23.5 Å². The van der Waals surface area contributed by atoms with Crippen LogP contribution in [0, 0.1) is 0 Å². The van der Waals surface area contributed by atoms with Gasteiger partial charge < -0.3 is 10.1 Å². The first-order valence-corrected chi connectivity index (χ1v) is 15.4. The maximum atomic E-state index is 12.7. The zero-order chi connectivity index (χ0) is 32.0. The van der Waals surface area contributed by atoms with Crippen molar-refractivity contribution < 1.29 is 27.5 Å². The number of halogens is 3. The number of amidine groups is 1. The molecule has 234 valence electrons. The number of aromatic nitrogens is 3. The molecule has 1 aromatic heterocycles. The van der Waals surface area contributed by atoms with Crippen LogP contribution in [0.1, 0.15) is 37.8 Å². The van der Waals surface area contributed by atoms with Gasteiger partial charge in [-0.2, -0.15) is 4.99 Å². The molecule has 5 rings (SSSR count). The van der Waals surface area contributed by atoms with E-state index in [1.54, 1.807) is 0 Å². The third-order valence-electron chi connectivity index (χ3n) is 7.09. The fourth-order valence-electron chi connectivity index (χ4n) is 4.86. The Labute approximate surface area is 262 Å². The van der Waals surface area contributed by atoms with E-state index in [1.165, 1.54) is 51.9 Å². The van der Waals surface area contributed by atoms with E-state index >= 15 is 0 Å². The van der Waals surface area contributed by atoms with Crippen molar-refractivity contribution in [3.05, 3.63) is 90.3 Å². The van der Waals surface area contributed by atoms with Crippen LogP contribution >= 0.6 is 11.8 Å². The molecule has 0 spiro atoms. The van der Waals surface area contributed by atoms with E-state index in [0.29, 0.717) is 16.7 Å². The summed E-state index contributed by atoms with van der Waals surface area (Å²) in [6.07, 6.45) is -0.118. The number of hydrogen-bond donors (Lipinski definition) is 1. The van der Waals surface area contributed by atoms with E-state index in [1.807, 2.05) is 62.4 Å². The van der Waals surface area contributed by atoms with E-state index in [0.717, 1.165) is 48.1 Å². The van der Waals surface area contributed by atoms with Crippen LogP contribution in [0.4, 0.5) is 23.7 Å². The van der Waals surface area contributed by atoms with E-state index in [9.17, 15) is 22.8 Å². The summed E-state index contributed by atoms with van der Waals surface area (Å²) < 4.78 is 42.6. The van der Waals surface area contributed by atoms with Gasteiger partial charge in [-0.3, -0.25) is 9.69 Å². The van der Waals surface area contributed by atoms with Crippen LogP contribution in [-0.2, 0) is 17.6 Å². The molecule has 45 heavy (non-hydrogen) atoms. The molecule has 1 N–H and O–H groups in total. The van der Waals surface area contributed by atoms with Gasteiger partial charge in [0.15, 0.2) is 11.0 Å². The highest BCUT2D eigenvalue weighted by Crippen LogP contribution is 2.30. The minimum absolute atomic E-state index is 0.0937. The van der Waals surface area contributed by atoms with Gasteiger partial charge in [0.2, 0.25) is 5.91 Å². The Bertz CT molecular complexity index is 1670. The van der Waals surface area contributed by atoms with Crippen molar-refractivity contribution in [1.82, 2.24) is 20.1 Å². The number of ether oxygens (including phenoxy) is 1. The molecular weight excluding hydrogens is 605 g/mol. The number of urea groups is 1. The summed E-state index contributed by atoms with van der Waals surface area (Å²) in [6.45, 7) is 3.95. The van der Waals surface area contributed by atoms with E-state index < -0.39 is 12.4 Å². The molecule has 13 heteroatoms. The number of alkyl halides is 3. The molecule has 1 aliphatic rings. The van der Waals surface area contributed by atoms with Crippen molar-refractivity contribution in [2.24, 2.45) is 4.99 Å². The van der Waals surface area contributed by atoms with Gasteiger partial charge in [-0.25, -0.2) is 14.5 Å². The normalized spacial score (nSPS) is 15.0. The molecule has 1 fully saturated rings. The molecule has 9 nitrogen and oxygen atoms in total. The van der Waals surface area contributed by atoms with Gasteiger partial charge in [0.25, 0.3) is 0 Å². The Kier molecular flexibility index (Phi) is 9.87. The predicted octanol–water partition coefficient (Wildman–Crippen LogP) is 6.95. The Morgan fingerprint density at radius 1 is 1.09 bits per heavy atom. The Morgan fingerprint density at radius 2 is 1.82 bits per heavy atom. The molecule has 0 saturated carbocycles. The number of carbonyl (C=O) groups is 2. The lowest BCUT2D eigenvalue weighted by Gasteiger charge is -2.19. The van der Waals surface area contributed by atoms with Gasteiger partial charge in [0.05, 0.1) is 17.1 Å². The highest BCUT2D eigenvalue weighted by molar-refractivity contribution is 8.15. The number of aliphatic imine (C=N–C) groups is 1. The number of nitrogens with one attached hydrogen (secondary N) is 1. The molecule has 1 atom stereocenters. The molecule has 1 aliphatic heterocycles. The Morgan fingerprint density at radius 3 is 2.53 bits per heavy atom. The van der Waals surface area contributed by atoms with Gasteiger partial charge in [-0.1, -0.05) is 61.2 Å². The largest absolute Gasteiger partial charge is 0.573 e. The van der Waals surface area contributed by atoms with Crippen molar-refractivity contribution in [2.75, 3.05) is 10.7 Å². The smallest absolute Gasteiger partial charge is 0.406 e. The zero-order valence-corrected chi connectivity index (χ0v) is 25.4. The second-order valence-electron chi connectivity index (χ2n) is 10.4. The minimum atomic E-state index is -4.75. The molecule has 0 aliphatic carbocycles.